The van der Waals surface area contributed by atoms with Crippen molar-refractivity contribution in [2.24, 2.45) is 0 Å². The van der Waals surface area contributed by atoms with Crippen LogP contribution in [0.2, 0.25) is 5.02 Å². The average molecular weight is 309 g/mol. The molecule has 0 bridgehead atoms. The van der Waals surface area contributed by atoms with Gasteiger partial charge in [0.05, 0.1) is 6.54 Å². The molecule has 1 N–H and O–H groups in total. The Morgan fingerprint density at radius 3 is 2.60 bits per heavy atom. The highest BCUT2D eigenvalue weighted by molar-refractivity contribution is 7.80. The fourth-order valence-electron chi connectivity index (χ4n) is 1.82. The van der Waals surface area contributed by atoms with Crippen molar-refractivity contribution < 1.29 is 4.42 Å². The smallest absolute Gasteiger partial charge is 0.169 e. The Kier molecular flexibility index (Phi) is 5.04. The van der Waals surface area contributed by atoms with Gasteiger partial charge in [-0.15, -0.1) is 0 Å². The van der Waals surface area contributed by atoms with Gasteiger partial charge in [-0.3, -0.25) is 0 Å². The second kappa shape index (κ2) is 6.77. The van der Waals surface area contributed by atoms with Gasteiger partial charge in [-0.05, 0) is 55.5 Å². The standard InChI is InChI=1S/C15H17ClN2OS/c1-3-17-15(20)18(2)10-13-8-9-14(19-13)11-4-6-12(16)7-5-11/h4-9H,3,10H2,1-2H3,(H,17,20). The molecule has 0 aliphatic carbocycles. The summed E-state index contributed by atoms with van der Waals surface area (Å²) in [5, 5.41) is 4.55. The van der Waals surface area contributed by atoms with Crippen LogP contribution in [0.5, 0.6) is 0 Å². The normalized spacial score (nSPS) is 10.3. The number of furan rings is 1. The first kappa shape index (κ1) is 14.9. The monoisotopic (exact) mass is 308 g/mol. The highest BCUT2D eigenvalue weighted by Crippen LogP contribution is 2.24. The van der Waals surface area contributed by atoms with E-state index in [9.17, 15) is 0 Å². The summed E-state index contributed by atoms with van der Waals surface area (Å²) < 4.78 is 5.84. The molecule has 0 amide bonds. The first-order valence-electron chi connectivity index (χ1n) is 6.43. The van der Waals surface area contributed by atoms with Crippen molar-refractivity contribution in [1.29, 1.82) is 0 Å². The van der Waals surface area contributed by atoms with Crippen LogP contribution in [0.25, 0.3) is 11.3 Å². The van der Waals surface area contributed by atoms with Crippen LogP contribution in [0.1, 0.15) is 12.7 Å². The highest BCUT2D eigenvalue weighted by atomic mass is 35.5. The number of thiocarbonyl (C=S) groups is 1. The van der Waals surface area contributed by atoms with Gasteiger partial charge in [0.2, 0.25) is 0 Å². The van der Waals surface area contributed by atoms with Crippen LogP contribution in [0.3, 0.4) is 0 Å². The van der Waals surface area contributed by atoms with E-state index < -0.39 is 0 Å². The van der Waals surface area contributed by atoms with Crippen molar-refractivity contribution in [3.63, 3.8) is 0 Å². The van der Waals surface area contributed by atoms with Crippen LogP contribution in [0, 0.1) is 0 Å². The molecule has 1 aromatic carbocycles. The molecular formula is C15H17ClN2OS. The molecule has 0 atom stereocenters. The highest BCUT2D eigenvalue weighted by Gasteiger charge is 2.09. The molecule has 0 saturated heterocycles. The van der Waals surface area contributed by atoms with E-state index in [1.54, 1.807) is 0 Å². The molecule has 0 aliphatic heterocycles. The topological polar surface area (TPSA) is 28.4 Å². The maximum absolute atomic E-state index is 5.88. The first-order valence-corrected chi connectivity index (χ1v) is 7.22. The maximum atomic E-state index is 5.88. The van der Waals surface area contributed by atoms with Crippen molar-refractivity contribution in [2.45, 2.75) is 13.5 Å². The summed E-state index contributed by atoms with van der Waals surface area (Å²) in [6.45, 7) is 3.47. The zero-order valence-corrected chi connectivity index (χ0v) is 13.1. The summed E-state index contributed by atoms with van der Waals surface area (Å²) in [5.74, 6) is 1.71. The van der Waals surface area contributed by atoms with E-state index in [1.165, 1.54) is 0 Å². The minimum absolute atomic E-state index is 0.638. The number of nitrogens with one attached hydrogen (secondary N) is 1. The third-order valence-electron chi connectivity index (χ3n) is 2.86. The minimum atomic E-state index is 0.638. The Morgan fingerprint density at radius 1 is 1.25 bits per heavy atom. The number of hydrogen-bond donors (Lipinski definition) is 1. The van der Waals surface area contributed by atoms with Gasteiger partial charge < -0.3 is 14.6 Å². The second-order valence-corrected chi connectivity index (χ2v) is 5.29. The average Bonchev–Trinajstić information content (AvgIpc) is 2.88. The van der Waals surface area contributed by atoms with Gasteiger partial charge in [-0.1, -0.05) is 11.6 Å². The van der Waals surface area contributed by atoms with Gasteiger partial charge >= 0.3 is 0 Å². The van der Waals surface area contributed by atoms with E-state index >= 15 is 0 Å². The molecule has 20 heavy (non-hydrogen) atoms. The number of halogens is 1. The van der Waals surface area contributed by atoms with Gasteiger partial charge in [-0.25, -0.2) is 0 Å². The molecule has 0 aliphatic rings. The van der Waals surface area contributed by atoms with Gasteiger partial charge in [0.15, 0.2) is 5.11 Å². The molecule has 0 fully saturated rings. The Bertz CT molecular complexity index is 580. The lowest BCUT2D eigenvalue weighted by Gasteiger charge is -2.18. The number of nitrogens with zero attached hydrogens (tertiary/aromatic N) is 1. The van der Waals surface area contributed by atoms with Crippen molar-refractivity contribution in [3.8, 4) is 11.3 Å². The largest absolute Gasteiger partial charge is 0.459 e. The zero-order chi connectivity index (χ0) is 14.5. The molecule has 1 aromatic heterocycles. The third kappa shape index (κ3) is 3.74. The molecule has 2 rings (SSSR count). The number of rotatable bonds is 4. The van der Waals surface area contributed by atoms with Crippen LogP contribution >= 0.6 is 23.8 Å². The maximum Gasteiger partial charge on any atom is 0.169 e. The zero-order valence-electron chi connectivity index (χ0n) is 11.5. The third-order valence-corrected chi connectivity index (χ3v) is 3.57. The van der Waals surface area contributed by atoms with E-state index in [0.29, 0.717) is 6.54 Å². The molecule has 0 unspecified atom stereocenters. The lowest BCUT2D eigenvalue weighted by atomic mass is 10.2. The van der Waals surface area contributed by atoms with E-state index in [2.05, 4.69) is 5.32 Å². The van der Waals surface area contributed by atoms with Gasteiger partial charge in [0.25, 0.3) is 0 Å². The fraction of sp³-hybridized carbons (Fsp3) is 0.267. The summed E-state index contributed by atoms with van der Waals surface area (Å²) in [5.41, 5.74) is 1.01. The lowest BCUT2D eigenvalue weighted by Crippen LogP contribution is -2.36. The summed E-state index contributed by atoms with van der Waals surface area (Å²) in [4.78, 5) is 1.95. The summed E-state index contributed by atoms with van der Waals surface area (Å²) in [7, 11) is 1.94. The Labute approximate surface area is 129 Å². The molecule has 0 spiro atoms. The molecule has 1 heterocycles. The fourth-order valence-corrected chi connectivity index (χ4v) is 2.16. The van der Waals surface area contributed by atoms with Crippen LogP contribution in [-0.2, 0) is 6.54 Å². The van der Waals surface area contributed by atoms with Crippen LogP contribution in [-0.4, -0.2) is 23.6 Å². The van der Waals surface area contributed by atoms with Gasteiger partial charge in [0.1, 0.15) is 11.5 Å². The van der Waals surface area contributed by atoms with Crippen LogP contribution in [0.4, 0.5) is 0 Å². The second-order valence-electron chi connectivity index (χ2n) is 4.46. The quantitative estimate of drug-likeness (QED) is 0.866. The van der Waals surface area contributed by atoms with E-state index in [0.717, 1.165) is 33.8 Å². The summed E-state index contributed by atoms with van der Waals surface area (Å²) in [6, 6.07) is 11.5. The van der Waals surface area contributed by atoms with Crippen molar-refractivity contribution >= 4 is 28.9 Å². The molecule has 0 radical (unpaired) electrons. The Morgan fingerprint density at radius 2 is 1.95 bits per heavy atom. The van der Waals surface area contributed by atoms with E-state index in [4.69, 9.17) is 28.2 Å². The Hall–Kier alpha value is -1.52. The minimum Gasteiger partial charge on any atom is -0.459 e. The SMILES string of the molecule is CCNC(=S)N(C)Cc1ccc(-c2ccc(Cl)cc2)o1. The molecular weight excluding hydrogens is 292 g/mol. The molecule has 106 valence electrons. The predicted octanol–water partition coefficient (Wildman–Crippen LogP) is 3.93. The molecule has 5 heteroatoms. The van der Waals surface area contributed by atoms with Crippen LogP contribution in [0.15, 0.2) is 40.8 Å². The van der Waals surface area contributed by atoms with Crippen molar-refractivity contribution in [1.82, 2.24) is 10.2 Å². The van der Waals surface area contributed by atoms with E-state index in [1.807, 2.05) is 55.3 Å². The van der Waals surface area contributed by atoms with Gasteiger partial charge in [-0.2, -0.15) is 0 Å². The summed E-state index contributed by atoms with van der Waals surface area (Å²) >= 11 is 11.1. The van der Waals surface area contributed by atoms with Gasteiger partial charge in [0, 0.05) is 24.2 Å². The molecule has 0 saturated carbocycles. The molecule has 3 nitrogen and oxygen atoms in total. The predicted molar refractivity (Wildman–Crippen MR) is 86.9 cm³/mol. The number of hydrogen-bond acceptors (Lipinski definition) is 2. The molecule has 2 aromatic rings. The van der Waals surface area contributed by atoms with Crippen molar-refractivity contribution in [2.75, 3.05) is 13.6 Å². The summed E-state index contributed by atoms with van der Waals surface area (Å²) in [6.07, 6.45) is 0. The van der Waals surface area contributed by atoms with Crippen LogP contribution < -0.4 is 5.32 Å². The van der Waals surface area contributed by atoms with E-state index in [-0.39, 0.29) is 0 Å². The Balaban J connectivity index is 2.05. The first-order chi connectivity index (χ1) is 9.60. The number of benzene rings is 1. The van der Waals surface area contributed by atoms with Crippen molar-refractivity contribution in [3.05, 3.63) is 47.2 Å². The lowest BCUT2D eigenvalue weighted by molar-refractivity contribution is 0.412.